The summed E-state index contributed by atoms with van der Waals surface area (Å²) in [5, 5.41) is 21.2. The van der Waals surface area contributed by atoms with Crippen LogP contribution in [0.25, 0.3) is 0 Å². The molecule has 0 spiro atoms. The average molecular weight is 371 g/mol. The van der Waals surface area contributed by atoms with Gasteiger partial charge in [-0.2, -0.15) is 0 Å². The van der Waals surface area contributed by atoms with Gasteiger partial charge in [0.05, 0.1) is 10.8 Å². The lowest BCUT2D eigenvalue weighted by Gasteiger charge is -2.60. The lowest BCUT2D eigenvalue weighted by molar-refractivity contribution is -0.214. The molecule has 0 aromatic carbocycles. The van der Waals surface area contributed by atoms with Crippen LogP contribution < -0.4 is 0 Å². The van der Waals surface area contributed by atoms with Gasteiger partial charge in [0.2, 0.25) is 0 Å². The van der Waals surface area contributed by atoms with Crippen molar-refractivity contribution in [1.82, 2.24) is 0 Å². The number of carboxylic acids is 2. The van der Waals surface area contributed by atoms with Crippen molar-refractivity contribution in [3.8, 4) is 0 Å². The molecule has 0 amide bonds. The number of aliphatic carboxylic acids is 2. The molecule has 4 nitrogen and oxygen atoms in total. The summed E-state index contributed by atoms with van der Waals surface area (Å²) < 4.78 is 0. The molecule has 2 unspecified atom stereocenters. The monoisotopic (exact) mass is 370 g/mol. The number of hydrogen-bond acceptors (Lipinski definition) is 2. The van der Waals surface area contributed by atoms with Gasteiger partial charge in [-0.3, -0.25) is 9.59 Å². The van der Waals surface area contributed by atoms with Crippen molar-refractivity contribution < 1.29 is 19.8 Å². The summed E-state index contributed by atoms with van der Waals surface area (Å²) in [5.41, 5.74) is -5.04. The fourth-order valence-corrected chi connectivity index (χ4v) is 4.86. The third kappa shape index (κ3) is 4.43. The molecule has 0 aromatic rings. The van der Waals surface area contributed by atoms with E-state index in [4.69, 9.17) is 0 Å². The van der Waals surface area contributed by atoms with Gasteiger partial charge in [-0.1, -0.05) is 83.1 Å². The fourth-order valence-electron chi connectivity index (χ4n) is 4.86. The second-order valence-electron chi connectivity index (χ2n) is 12.4. The molecule has 2 atom stereocenters. The Balaban J connectivity index is 7.44. The molecule has 0 radical (unpaired) electrons. The van der Waals surface area contributed by atoms with E-state index < -0.39 is 33.6 Å². The van der Waals surface area contributed by atoms with Crippen LogP contribution in [0, 0.1) is 32.5 Å². The van der Waals surface area contributed by atoms with Gasteiger partial charge in [-0.05, 0) is 34.5 Å². The average Bonchev–Trinajstić information content (AvgIpc) is 2.26. The second kappa shape index (κ2) is 6.83. The van der Waals surface area contributed by atoms with Crippen LogP contribution >= 0.6 is 0 Å². The van der Waals surface area contributed by atoms with E-state index in [1.54, 1.807) is 0 Å². The van der Waals surface area contributed by atoms with Crippen molar-refractivity contribution in [3.05, 3.63) is 0 Å². The quantitative estimate of drug-likeness (QED) is 0.614. The van der Waals surface area contributed by atoms with Crippen LogP contribution in [0.1, 0.15) is 95.9 Å². The van der Waals surface area contributed by atoms with E-state index in [9.17, 15) is 19.8 Å². The summed E-state index contributed by atoms with van der Waals surface area (Å²) in [6, 6.07) is 0. The highest BCUT2D eigenvalue weighted by atomic mass is 16.4. The van der Waals surface area contributed by atoms with E-state index in [0.717, 1.165) is 0 Å². The highest BCUT2D eigenvalue weighted by Crippen LogP contribution is 2.67. The third-order valence-corrected chi connectivity index (χ3v) is 5.61. The minimum absolute atomic E-state index is 0.290. The molecule has 0 rings (SSSR count). The summed E-state index contributed by atoms with van der Waals surface area (Å²) >= 11 is 0. The van der Waals surface area contributed by atoms with E-state index in [2.05, 4.69) is 0 Å². The maximum absolute atomic E-state index is 13.0. The SMILES string of the molecule is CC(C)(C)CC(C(=O)O)(C(C)(C)C)C(CC(C)(C)C)(C(=O)O)C(C)(C)C. The van der Waals surface area contributed by atoms with Crippen molar-refractivity contribution in [2.45, 2.75) is 95.9 Å². The molecule has 0 aliphatic heterocycles. The first-order valence-corrected chi connectivity index (χ1v) is 9.52. The van der Waals surface area contributed by atoms with Gasteiger partial charge in [0.15, 0.2) is 0 Å². The Bertz CT molecular complexity index is 484. The minimum Gasteiger partial charge on any atom is -0.481 e. The summed E-state index contributed by atoms with van der Waals surface area (Å²) in [7, 11) is 0. The number of carbonyl (C=O) groups is 2. The topological polar surface area (TPSA) is 74.6 Å². The van der Waals surface area contributed by atoms with Gasteiger partial charge >= 0.3 is 11.9 Å². The van der Waals surface area contributed by atoms with Crippen molar-refractivity contribution in [2.24, 2.45) is 32.5 Å². The maximum Gasteiger partial charge on any atom is 0.311 e. The molecule has 0 saturated heterocycles. The molecule has 4 heteroatoms. The molecular formula is C22H42O4. The summed E-state index contributed by atoms with van der Waals surface area (Å²) in [4.78, 5) is 25.9. The molecule has 0 fully saturated rings. The number of rotatable bonds is 5. The minimum atomic E-state index is -1.43. The zero-order valence-corrected chi connectivity index (χ0v) is 19.1. The molecule has 0 heterocycles. The molecule has 0 aliphatic rings. The van der Waals surface area contributed by atoms with Gasteiger partial charge in [0.25, 0.3) is 0 Å². The van der Waals surface area contributed by atoms with Gasteiger partial charge in [0.1, 0.15) is 0 Å². The van der Waals surface area contributed by atoms with Gasteiger partial charge in [-0.15, -0.1) is 0 Å². The number of carboxylic acid groups (broad SMARTS) is 2. The molecule has 154 valence electrons. The Morgan fingerprint density at radius 2 is 0.731 bits per heavy atom. The van der Waals surface area contributed by atoms with Crippen LogP contribution in [-0.2, 0) is 9.59 Å². The van der Waals surface area contributed by atoms with Crippen LogP contribution in [0.15, 0.2) is 0 Å². The largest absolute Gasteiger partial charge is 0.481 e. The van der Waals surface area contributed by atoms with Crippen molar-refractivity contribution in [3.63, 3.8) is 0 Å². The Labute approximate surface area is 160 Å². The van der Waals surface area contributed by atoms with E-state index in [1.165, 1.54) is 0 Å². The first kappa shape index (κ1) is 24.9. The van der Waals surface area contributed by atoms with Crippen LogP contribution in [0.3, 0.4) is 0 Å². The van der Waals surface area contributed by atoms with E-state index in [-0.39, 0.29) is 10.8 Å². The Kier molecular flexibility index (Phi) is 6.55. The van der Waals surface area contributed by atoms with E-state index in [0.29, 0.717) is 12.8 Å². The first-order valence-electron chi connectivity index (χ1n) is 9.52. The predicted molar refractivity (Wildman–Crippen MR) is 107 cm³/mol. The Morgan fingerprint density at radius 1 is 0.538 bits per heavy atom. The summed E-state index contributed by atoms with van der Waals surface area (Å²) in [5.74, 6) is -2.03. The zero-order chi connectivity index (χ0) is 21.6. The van der Waals surface area contributed by atoms with Crippen LogP contribution in [-0.4, -0.2) is 22.2 Å². The van der Waals surface area contributed by atoms with E-state index >= 15 is 0 Å². The fraction of sp³-hybridized carbons (Fsp3) is 0.909. The molecule has 26 heavy (non-hydrogen) atoms. The van der Waals surface area contributed by atoms with Gasteiger partial charge < -0.3 is 10.2 Å². The van der Waals surface area contributed by atoms with Crippen LogP contribution in [0.4, 0.5) is 0 Å². The Hall–Kier alpha value is -1.06. The molecule has 0 bridgehead atoms. The van der Waals surface area contributed by atoms with Crippen LogP contribution in [0.5, 0.6) is 0 Å². The molecule has 0 saturated carbocycles. The van der Waals surface area contributed by atoms with E-state index in [1.807, 2.05) is 83.1 Å². The lowest BCUT2D eigenvalue weighted by Crippen LogP contribution is -2.66. The lowest BCUT2D eigenvalue weighted by atomic mass is 9.40. The maximum atomic E-state index is 13.0. The van der Waals surface area contributed by atoms with Crippen molar-refractivity contribution >= 4 is 11.9 Å². The molecule has 0 aromatic heterocycles. The zero-order valence-electron chi connectivity index (χ0n) is 19.1. The standard InChI is InChI=1S/C22H42O4/c1-17(2,3)13-21(15(23)24,19(7,8)9)22(16(25)26,20(10,11)12)14-18(4,5)6/h13-14H2,1-12H3,(H,23,24)(H,25,26). The highest BCUT2D eigenvalue weighted by Gasteiger charge is 2.71. The molecule has 2 N–H and O–H groups in total. The summed E-state index contributed by atoms with van der Waals surface area (Å²) in [6.07, 6.45) is 0.580. The molecule has 0 aliphatic carbocycles. The Morgan fingerprint density at radius 3 is 0.808 bits per heavy atom. The van der Waals surface area contributed by atoms with Crippen molar-refractivity contribution in [1.29, 1.82) is 0 Å². The van der Waals surface area contributed by atoms with Crippen LogP contribution in [0.2, 0.25) is 0 Å². The molecular weight excluding hydrogens is 328 g/mol. The van der Waals surface area contributed by atoms with Crippen molar-refractivity contribution in [2.75, 3.05) is 0 Å². The van der Waals surface area contributed by atoms with Gasteiger partial charge in [-0.25, -0.2) is 0 Å². The summed E-state index contributed by atoms with van der Waals surface area (Å²) in [6.45, 7) is 23.2. The predicted octanol–water partition coefficient (Wildman–Crippen LogP) is 6.09. The normalized spacial score (nSPS) is 18.8. The second-order valence-corrected chi connectivity index (χ2v) is 12.4. The highest BCUT2D eigenvalue weighted by molar-refractivity contribution is 5.88. The smallest absolute Gasteiger partial charge is 0.311 e. The first-order chi connectivity index (χ1) is 11.1. The third-order valence-electron chi connectivity index (χ3n) is 5.61. The number of hydrogen-bond donors (Lipinski definition) is 2. The van der Waals surface area contributed by atoms with Gasteiger partial charge in [0, 0.05) is 0 Å².